The van der Waals surface area contributed by atoms with Crippen molar-refractivity contribution >= 4 is 5.78 Å². The summed E-state index contributed by atoms with van der Waals surface area (Å²) in [6.45, 7) is 5.60. The van der Waals surface area contributed by atoms with E-state index in [0.29, 0.717) is 17.7 Å². The number of ether oxygens (including phenoxy) is 1. The van der Waals surface area contributed by atoms with E-state index in [1.807, 2.05) is 0 Å². The molecule has 1 unspecified atom stereocenters. The average molecular weight is 197 g/mol. The SMILES string of the molecule is CC(=O)C1CCN(C2CCOCC2)C1. The Bertz CT molecular complexity index is 211. The van der Waals surface area contributed by atoms with E-state index in [1.165, 1.54) is 0 Å². The summed E-state index contributed by atoms with van der Waals surface area (Å²) < 4.78 is 5.34. The second-order valence-electron chi connectivity index (χ2n) is 4.43. The summed E-state index contributed by atoms with van der Waals surface area (Å²) in [6.07, 6.45) is 3.35. The Labute approximate surface area is 85.4 Å². The van der Waals surface area contributed by atoms with Gasteiger partial charge in [-0.3, -0.25) is 9.69 Å². The van der Waals surface area contributed by atoms with Gasteiger partial charge in [-0.1, -0.05) is 0 Å². The Hall–Kier alpha value is -0.410. The van der Waals surface area contributed by atoms with Gasteiger partial charge in [0, 0.05) is 31.7 Å². The van der Waals surface area contributed by atoms with Crippen molar-refractivity contribution in [1.29, 1.82) is 0 Å². The molecule has 0 aromatic carbocycles. The molecule has 0 spiro atoms. The van der Waals surface area contributed by atoms with Crippen molar-refractivity contribution in [3.63, 3.8) is 0 Å². The zero-order valence-corrected chi connectivity index (χ0v) is 8.87. The van der Waals surface area contributed by atoms with Gasteiger partial charge in [-0.05, 0) is 32.7 Å². The predicted octanol–water partition coefficient (Wildman–Crippen LogP) is 1.08. The Balaban J connectivity index is 1.85. The van der Waals surface area contributed by atoms with Gasteiger partial charge >= 0.3 is 0 Å². The molecule has 2 saturated heterocycles. The van der Waals surface area contributed by atoms with Crippen LogP contribution in [0.2, 0.25) is 0 Å². The van der Waals surface area contributed by atoms with E-state index < -0.39 is 0 Å². The molecule has 0 amide bonds. The summed E-state index contributed by atoms with van der Waals surface area (Å²) in [5, 5.41) is 0. The van der Waals surface area contributed by atoms with Crippen LogP contribution in [0.25, 0.3) is 0 Å². The van der Waals surface area contributed by atoms with Crippen LogP contribution >= 0.6 is 0 Å². The standard InChI is InChI=1S/C11H19NO2/c1-9(13)10-2-5-12(8-10)11-3-6-14-7-4-11/h10-11H,2-8H2,1H3. The summed E-state index contributed by atoms with van der Waals surface area (Å²) in [4.78, 5) is 13.7. The fourth-order valence-corrected chi connectivity index (χ4v) is 2.50. The molecule has 80 valence electrons. The highest BCUT2D eigenvalue weighted by Gasteiger charge is 2.31. The summed E-state index contributed by atoms with van der Waals surface area (Å²) in [5.74, 6) is 0.664. The van der Waals surface area contributed by atoms with Crippen LogP contribution < -0.4 is 0 Å². The molecule has 0 saturated carbocycles. The van der Waals surface area contributed by atoms with E-state index in [1.54, 1.807) is 6.92 Å². The van der Waals surface area contributed by atoms with E-state index in [2.05, 4.69) is 4.90 Å². The predicted molar refractivity (Wildman–Crippen MR) is 54.2 cm³/mol. The highest BCUT2D eigenvalue weighted by atomic mass is 16.5. The molecule has 2 heterocycles. The molecule has 0 N–H and O–H groups in total. The highest BCUT2D eigenvalue weighted by molar-refractivity contribution is 5.78. The van der Waals surface area contributed by atoms with Crippen LogP contribution in [-0.2, 0) is 9.53 Å². The van der Waals surface area contributed by atoms with Gasteiger partial charge < -0.3 is 4.74 Å². The monoisotopic (exact) mass is 197 g/mol. The van der Waals surface area contributed by atoms with Crippen LogP contribution in [0.15, 0.2) is 0 Å². The van der Waals surface area contributed by atoms with Crippen LogP contribution in [0.1, 0.15) is 26.2 Å². The maximum absolute atomic E-state index is 11.2. The van der Waals surface area contributed by atoms with Crippen molar-refractivity contribution in [2.24, 2.45) is 5.92 Å². The van der Waals surface area contributed by atoms with Crippen molar-refractivity contribution in [2.45, 2.75) is 32.2 Å². The molecule has 0 aliphatic carbocycles. The minimum absolute atomic E-state index is 0.304. The van der Waals surface area contributed by atoms with Crippen LogP contribution in [0.5, 0.6) is 0 Å². The molecule has 0 bridgehead atoms. The smallest absolute Gasteiger partial charge is 0.134 e. The lowest BCUT2D eigenvalue weighted by Gasteiger charge is -2.30. The van der Waals surface area contributed by atoms with Gasteiger partial charge in [0.05, 0.1) is 0 Å². The number of hydrogen-bond acceptors (Lipinski definition) is 3. The largest absolute Gasteiger partial charge is 0.381 e. The van der Waals surface area contributed by atoms with E-state index in [0.717, 1.165) is 45.6 Å². The lowest BCUT2D eigenvalue weighted by atomic mass is 10.0. The first kappa shape index (κ1) is 10.1. The van der Waals surface area contributed by atoms with Crippen LogP contribution in [0.3, 0.4) is 0 Å². The third-order valence-electron chi connectivity index (χ3n) is 3.50. The average Bonchev–Trinajstić information content (AvgIpc) is 2.68. The molecule has 2 aliphatic heterocycles. The van der Waals surface area contributed by atoms with Crippen molar-refractivity contribution in [2.75, 3.05) is 26.3 Å². The molecule has 2 rings (SSSR count). The zero-order chi connectivity index (χ0) is 9.97. The Kier molecular flexibility index (Phi) is 3.19. The minimum atomic E-state index is 0.304. The van der Waals surface area contributed by atoms with Crippen molar-refractivity contribution < 1.29 is 9.53 Å². The molecule has 1 atom stereocenters. The van der Waals surface area contributed by atoms with Gasteiger partial charge in [0.15, 0.2) is 0 Å². The summed E-state index contributed by atoms with van der Waals surface area (Å²) >= 11 is 0. The van der Waals surface area contributed by atoms with Gasteiger partial charge in [0.25, 0.3) is 0 Å². The van der Waals surface area contributed by atoms with Gasteiger partial charge in [0.2, 0.25) is 0 Å². The molecule has 2 fully saturated rings. The number of ketones is 1. The zero-order valence-electron chi connectivity index (χ0n) is 8.87. The third kappa shape index (κ3) is 2.15. The van der Waals surface area contributed by atoms with Crippen LogP contribution in [0.4, 0.5) is 0 Å². The maximum atomic E-state index is 11.2. The minimum Gasteiger partial charge on any atom is -0.381 e. The Morgan fingerprint density at radius 2 is 2.00 bits per heavy atom. The molecular formula is C11H19NO2. The topological polar surface area (TPSA) is 29.5 Å². The van der Waals surface area contributed by atoms with Crippen molar-refractivity contribution in [1.82, 2.24) is 4.90 Å². The summed E-state index contributed by atoms with van der Waals surface area (Å²) in [7, 11) is 0. The normalized spacial score (nSPS) is 30.8. The third-order valence-corrected chi connectivity index (χ3v) is 3.50. The first-order valence-corrected chi connectivity index (χ1v) is 5.59. The summed E-state index contributed by atoms with van der Waals surface area (Å²) in [6, 6.07) is 0.674. The molecule has 0 radical (unpaired) electrons. The van der Waals surface area contributed by atoms with E-state index in [4.69, 9.17) is 4.74 Å². The van der Waals surface area contributed by atoms with E-state index in [9.17, 15) is 4.79 Å². The van der Waals surface area contributed by atoms with Crippen molar-refractivity contribution in [3.8, 4) is 0 Å². The molecule has 3 nitrogen and oxygen atoms in total. The molecule has 14 heavy (non-hydrogen) atoms. The number of Topliss-reactive ketones (excluding diaryl/α,β-unsaturated/α-hetero) is 1. The van der Waals surface area contributed by atoms with Crippen LogP contribution in [-0.4, -0.2) is 43.0 Å². The molecule has 2 aliphatic rings. The number of hydrogen-bond donors (Lipinski definition) is 0. The second-order valence-corrected chi connectivity index (χ2v) is 4.43. The van der Waals surface area contributed by atoms with Gasteiger partial charge in [-0.15, -0.1) is 0 Å². The number of likely N-dealkylation sites (tertiary alicyclic amines) is 1. The molecule has 0 aromatic heterocycles. The van der Waals surface area contributed by atoms with Gasteiger partial charge in [0.1, 0.15) is 5.78 Å². The fraction of sp³-hybridized carbons (Fsp3) is 0.909. The number of rotatable bonds is 2. The second kappa shape index (κ2) is 4.41. The molecular weight excluding hydrogens is 178 g/mol. The first-order chi connectivity index (χ1) is 6.77. The van der Waals surface area contributed by atoms with Crippen molar-refractivity contribution in [3.05, 3.63) is 0 Å². The molecule has 0 aromatic rings. The Morgan fingerprint density at radius 1 is 1.29 bits per heavy atom. The van der Waals surface area contributed by atoms with E-state index in [-0.39, 0.29) is 0 Å². The number of carbonyl (C=O) groups is 1. The number of nitrogens with zero attached hydrogens (tertiary/aromatic N) is 1. The van der Waals surface area contributed by atoms with E-state index >= 15 is 0 Å². The number of carbonyl (C=O) groups excluding carboxylic acids is 1. The molecule has 3 heteroatoms. The first-order valence-electron chi connectivity index (χ1n) is 5.59. The van der Waals surface area contributed by atoms with Crippen LogP contribution in [0, 0.1) is 5.92 Å². The quantitative estimate of drug-likeness (QED) is 0.663. The summed E-state index contributed by atoms with van der Waals surface area (Å²) in [5.41, 5.74) is 0. The Morgan fingerprint density at radius 3 is 2.57 bits per heavy atom. The fourth-order valence-electron chi connectivity index (χ4n) is 2.50. The highest BCUT2D eigenvalue weighted by Crippen LogP contribution is 2.23. The van der Waals surface area contributed by atoms with Gasteiger partial charge in [-0.25, -0.2) is 0 Å². The lowest BCUT2D eigenvalue weighted by molar-refractivity contribution is -0.120. The maximum Gasteiger partial charge on any atom is 0.134 e. The lowest BCUT2D eigenvalue weighted by Crippen LogP contribution is -2.38. The van der Waals surface area contributed by atoms with Gasteiger partial charge in [-0.2, -0.15) is 0 Å².